The topological polar surface area (TPSA) is 32.9 Å². The number of nitrogens with one attached hydrogen (secondary N) is 1. The van der Waals surface area contributed by atoms with Crippen molar-refractivity contribution in [2.75, 3.05) is 0 Å². The second kappa shape index (κ2) is 11.9. The summed E-state index contributed by atoms with van der Waals surface area (Å²) in [5.41, 5.74) is 3.34. The monoisotopic (exact) mass is 355 g/mol. The zero-order valence-electron chi connectivity index (χ0n) is 16.9. The van der Waals surface area contributed by atoms with E-state index in [0.29, 0.717) is 0 Å². The van der Waals surface area contributed by atoms with Gasteiger partial charge in [-0.25, -0.2) is 0 Å². The van der Waals surface area contributed by atoms with Gasteiger partial charge < -0.3 is 4.98 Å². The van der Waals surface area contributed by atoms with Crippen LogP contribution in [0.2, 0.25) is 0 Å². The Balaban J connectivity index is 1.70. The molecule has 0 bridgehead atoms. The van der Waals surface area contributed by atoms with Gasteiger partial charge in [0.05, 0.1) is 0 Å². The number of pyridine rings is 1. The molecule has 1 aromatic heterocycles. The summed E-state index contributed by atoms with van der Waals surface area (Å²) >= 11 is 0. The Morgan fingerprint density at radius 2 is 1.35 bits per heavy atom. The largest absolute Gasteiger partial charge is 0.358 e. The molecule has 0 saturated heterocycles. The van der Waals surface area contributed by atoms with E-state index < -0.39 is 0 Å². The van der Waals surface area contributed by atoms with Gasteiger partial charge in [0.15, 0.2) is 5.43 Å². The number of hydrogen-bond acceptors (Lipinski definition) is 1. The first kappa shape index (κ1) is 20.7. The molecular formula is C24H37NO. The van der Waals surface area contributed by atoms with Crippen molar-refractivity contribution >= 4 is 10.9 Å². The van der Waals surface area contributed by atoms with Gasteiger partial charge in [-0.2, -0.15) is 0 Å². The Bertz CT molecular complexity index is 701. The Morgan fingerprint density at radius 3 is 1.96 bits per heavy atom. The first-order valence-corrected chi connectivity index (χ1v) is 10.9. The fourth-order valence-electron chi connectivity index (χ4n) is 3.88. The number of aromatic nitrogens is 1. The van der Waals surface area contributed by atoms with E-state index >= 15 is 0 Å². The summed E-state index contributed by atoms with van der Waals surface area (Å²) in [5, 5.41) is 0.826. The summed E-state index contributed by atoms with van der Waals surface area (Å²) in [4.78, 5) is 16.2. The zero-order chi connectivity index (χ0) is 18.6. The van der Waals surface area contributed by atoms with Crippen LogP contribution in [0.5, 0.6) is 0 Å². The average molecular weight is 356 g/mol. The first-order chi connectivity index (χ1) is 12.8. The number of benzene rings is 1. The van der Waals surface area contributed by atoms with Crippen molar-refractivity contribution in [1.29, 1.82) is 0 Å². The van der Waals surface area contributed by atoms with Crippen LogP contribution in [0.3, 0.4) is 0 Å². The normalized spacial score (nSPS) is 11.3. The lowest BCUT2D eigenvalue weighted by Crippen LogP contribution is -2.14. The number of para-hydroxylation sites is 1. The number of fused-ring (bicyclic) bond motifs is 1. The quantitative estimate of drug-likeness (QED) is 0.388. The Labute approximate surface area is 159 Å². The standard InChI is InChI=1S/C24H37NO/c1-3-5-6-7-8-9-10-11-12-13-14-18-22-20(4-2)24(26)21-17-15-16-19-23(21)25-22/h15-17,19H,3-14,18H2,1-2H3,(H,25,26). The average Bonchev–Trinajstić information content (AvgIpc) is 2.66. The van der Waals surface area contributed by atoms with E-state index in [-0.39, 0.29) is 5.43 Å². The summed E-state index contributed by atoms with van der Waals surface area (Å²) < 4.78 is 0. The summed E-state index contributed by atoms with van der Waals surface area (Å²) in [6, 6.07) is 7.88. The summed E-state index contributed by atoms with van der Waals surface area (Å²) in [5.74, 6) is 0. The number of aryl methyl sites for hydroxylation is 1. The lowest BCUT2D eigenvalue weighted by Gasteiger charge is -2.10. The van der Waals surface area contributed by atoms with Gasteiger partial charge in [-0.15, -0.1) is 0 Å². The Morgan fingerprint density at radius 1 is 0.769 bits per heavy atom. The molecule has 2 rings (SSSR count). The molecule has 2 heteroatoms. The highest BCUT2D eigenvalue weighted by molar-refractivity contribution is 5.79. The van der Waals surface area contributed by atoms with Crippen molar-refractivity contribution in [2.24, 2.45) is 0 Å². The van der Waals surface area contributed by atoms with Crippen molar-refractivity contribution < 1.29 is 0 Å². The van der Waals surface area contributed by atoms with Crippen LogP contribution in [-0.4, -0.2) is 4.98 Å². The number of rotatable bonds is 13. The van der Waals surface area contributed by atoms with Crippen molar-refractivity contribution in [3.05, 3.63) is 45.7 Å². The lowest BCUT2D eigenvalue weighted by atomic mass is 10.0. The molecule has 0 spiro atoms. The molecule has 2 nitrogen and oxygen atoms in total. The van der Waals surface area contributed by atoms with Gasteiger partial charge in [0, 0.05) is 22.2 Å². The fraction of sp³-hybridized carbons (Fsp3) is 0.625. The third-order valence-electron chi connectivity index (χ3n) is 5.48. The van der Waals surface area contributed by atoms with Gasteiger partial charge in [-0.3, -0.25) is 4.79 Å². The highest BCUT2D eigenvalue weighted by atomic mass is 16.1. The third-order valence-corrected chi connectivity index (χ3v) is 5.48. The first-order valence-electron chi connectivity index (χ1n) is 10.9. The maximum Gasteiger partial charge on any atom is 0.192 e. The van der Waals surface area contributed by atoms with E-state index in [4.69, 9.17) is 0 Å². The molecule has 0 aliphatic heterocycles. The lowest BCUT2D eigenvalue weighted by molar-refractivity contribution is 0.548. The van der Waals surface area contributed by atoms with Gasteiger partial charge in [0.1, 0.15) is 0 Å². The van der Waals surface area contributed by atoms with Crippen LogP contribution in [0, 0.1) is 0 Å². The van der Waals surface area contributed by atoms with Gasteiger partial charge >= 0.3 is 0 Å². The van der Waals surface area contributed by atoms with E-state index in [2.05, 4.69) is 18.8 Å². The van der Waals surface area contributed by atoms with Crippen molar-refractivity contribution in [2.45, 2.75) is 97.3 Å². The molecule has 0 aliphatic carbocycles. The molecule has 0 amide bonds. The molecule has 0 saturated carbocycles. The molecule has 0 atom stereocenters. The maximum atomic E-state index is 12.7. The highest BCUT2D eigenvalue weighted by Crippen LogP contribution is 2.16. The third kappa shape index (κ3) is 6.30. The van der Waals surface area contributed by atoms with Crippen molar-refractivity contribution in [3.63, 3.8) is 0 Å². The molecule has 1 N–H and O–H groups in total. The van der Waals surface area contributed by atoms with Gasteiger partial charge in [0.2, 0.25) is 0 Å². The maximum absolute atomic E-state index is 12.7. The summed E-state index contributed by atoms with van der Waals surface area (Å²) in [6.07, 6.45) is 16.7. The molecule has 26 heavy (non-hydrogen) atoms. The van der Waals surface area contributed by atoms with Crippen LogP contribution in [0.4, 0.5) is 0 Å². The predicted octanol–water partition coefficient (Wildman–Crippen LogP) is 6.94. The highest BCUT2D eigenvalue weighted by Gasteiger charge is 2.09. The van der Waals surface area contributed by atoms with Gasteiger partial charge in [-0.05, 0) is 31.4 Å². The second-order valence-corrected chi connectivity index (χ2v) is 7.60. The van der Waals surface area contributed by atoms with E-state index in [1.165, 1.54) is 70.6 Å². The Kier molecular flexibility index (Phi) is 9.52. The zero-order valence-corrected chi connectivity index (χ0v) is 16.9. The fourth-order valence-corrected chi connectivity index (χ4v) is 3.88. The van der Waals surface area contributed by atoms with Gasteiger partial charge in [0.25, 0.3) is 0 Å². The van der Waals surface area contributed by atoms with Crippen LogP contribution in [-0.2, 0) is 12.8 Å². The molecule has 0 fully saturated rings. The van der Waals surface area contributed by atoms with Crippen LogP contribution in [0.15, 0.2) is 29.1 Å². The number of hydrogen-bond donors (Lipinski definition) is 1. The smallest absolute Gasteiger partial charge is 0.192 e. The molecular weight excluding hydrogens is 318 g/mol. The molecule has 0 aliphatic rings. The number of H-pyrrole nitrogens is 1. The van der Waals surface area contributed by atoms with Crippen LogP contribution < -0.4 is 5.43 Å². The molecule has 144 valence electrons. The van der Waals surface area contributed by atoms with E-state index in [1.807, 2.05) is 24.3 Å². The molecule has 0 unspecified atom stereocenters. The summed E-state index contributed by atoms with van der Waals surface area (Å²) in [7, 11) is 0. The SMILES string of the molecule is CCCCCCCCCCCCCc1[nH]c2ccccc2c(=O)c1CC. The van der Waals surface area contributed by atoms with E-state index in [0.717, 1.165) is 35.0 Å². The molecule has 0 radical (unpaired) electrons. The summed E-state index contributed by atoms with van der Waals surface area (Å²) in [6.45, 7) is 4.36. The number of unbranched alkanes of at least 4 members (excludes halogenated alkanes) is 10. The number of aromatic amines is 1. The molecule has 1 heterocycles. The molecule has 1 aromatic carbocycles. The minimum atomic E-state index is 0.222. The second-order valence-electron chi connectivity index (χ2n) is 7.60. The van der Waals surface area contributed by atoms with Crippen molar-refractivity contribution in [3.8, 4) is 0 Å². The van der Waals surface area contributed by atoms with Crippen LogP contribution in [0.1, 0.15) is 95.7 Å². The Hall–Kier alpha value is -1.57. The van der Waals surface area contributed by atoms with E-state index in [9.17, 15) is 4.79 Å². The van der Waals surface area contributed by atoms with Crippen LogP contribution in [0.25, 0.3) is 10.9 Å². The van der Waals surface area contributed by atoms with E-state index in [1.54, 1.807) is 0 Å². The van der Waals surface area contributed by atoms with Crippen LogP contribution >= 0.6 is 0 Å². The van der Waals surface area contributed by atoms with Gasteiger partial charge in [-0.1, -0.05) is 90.2 Å². The van der Waals surface area contributed by atoms with Crippen molar-refractivity contribution in [1.82, 2.24) is 4.98 Å². The molecule has 2 aromatic rings. The predicted molar refractivity (Wildman–Crippen MR) is 114 cm³/mol. The minimum Gasteiger partial charge on any atom is -0.358 e. The minimum absolute atomic E-state index is 0.222.